The number of carbonyl (C=O) groups excluding carboxylic acids is 1. The molecule has 0 unspecified atom stereocenters. The van der Waals surface area contributed by atoms with Crippen LogP contribution in [-0.4, -0.2) is 47.1 Å². The first-order chi connectivity index (χ1) is 16.5. The molecule has 3 N–H and O–H groups in total. The Labute approximate surface area is 202 Å². The Morgan fingerprint density at radius 3 is 2.41 bits per heavy atom. The first-order valence-electron chi connectivity index (χ1n) is 12.5. The predicted octanol–water partition coefficient (Wildman–Crippen LogP) is 4.37. The second-order valence-corrected chi connectivity index (χ2v) is 9.80. The van der Waals surface area contributed by atoms with Gasteiger partial charge in [-0.15, -0.1) is 0 Å². The van der Waals surface area contributed by atoms with Gasteiger partial charge in [-0.25, -0.2) is 0 Å². The Balaban J connectivity index is 1.33. The third kappa shape index (κ3) is 6.38. The highest BCUT2D eigenvalue weighted by atomic mass is 16.5. The Kier molecular flexibility index (Phi) is 8.22. The fraction of sp³-hybridized carbons (Fsp3) is 0.500. The van der Waals surface area contributed by atoms with Gasteiger partial charge in [0, 0.05) is 12.6 Å². The number of aryl methyl sites for hydroxylation is 1. The van der Waals surface area contributed by atoms with Crippen molar-refractivity contribution in [1.29, 1.82) is 0 Å². The van der Waals surface area contributed by atoms with Crippen LogP contribution in [0.4, 0.5) is 0 Å². The molecule has 1 saturated carbocycles. The second kappa shape index (κ2) is 11.5. The number of hydrogen-bond donors (Lipinski definition) is 2. The van der Waals surface area contributed by atoms with Gasteiger partial charge in [0.1, 0.15) is 12.4 Å². The number of carboxylic acid groups (broad SMARTS) is 1. The fourth-order valence-corrected chi connectivity index (χ4v) is 5.38. The molecule has 182 valence electrons. The van der Waals surface area contributed by atoms with E-state index in [1.54, 1.807) is 0 Å². The Morgan fingerprint density at radius 1 is 1.03 bits per heavy atom. The van der Waals surface area contributed by atoms with Gasteiger partial charge in [0.2, 0.25) is 5.91 Å². The number of carbonyl (C=O) groups is 2. The lowest BCUT2D eigenvalue weighted by Crippen LogP contribution is -2.38. The minimum absolute atomic E-state index is 0.0603. The van der Waals surface area contributed by atoms with Gasteiger partial charge in [-0.3, -0.25) is 9.59 Å². The molecule has 1 aliphatic carbocycles. The van der Waals surface area contributed by atoms with E-state index < -0.39 is 11.9 Å². The van der Waals surface area contributed by atoms with Crippen LogP contribution in [0, 0.1) is 5.92 Å². The largest absolute Gasteiger partial charge is 0.491 e. The molecule has 6 heteroatoms. The van der Waals surface area contributed by atoms with Gasteiger partial charge in [-0.1, -0.05) is 42.5 Å². The van der Waals surface area contributed by atoms with E-state index in [1.165, 1.54) is 11.1 Å². The topological polar surface area (TPSA) is 92.9 Å². The zero-order valence-electron chi connectivity index (χ0n) is 19.8. The summed E-state index contributed by atoms with van der Waals surface area (Å²) in [7, 11) is 0. The Bertz CT molecular complexity index is 939. The highest BCUT2D eigenvalue weighted by molar-refractivity contribution is 5.85. The summed E-state index contributed by atoms with van der Waals surface area (Å²) in [6.45, 7) is 0.992. The molecule has 0 radical (unpaired) electrons. The summed E-state index contributed by atoms with van der Waals surface area (Å²) in [5, 5.41) is 9.24. The maximum Gasteiger partial charge on any atom is 0.304 e. The first-order valence-corrected chi connectivity index (χ1v) is 12.5. The van der Waals surface area contributed by atoms with Crippen LogP contribution in [0.3, 0.4) is 0 Å². The highest BCUT2D eigenvalue weighted by Gasteiger charge is 2.40. The predicted molar refractivity (Wildman–Crippen MR) is 132 cm³/mol. The number of nitrogens with zero attached hydrogens (tertiary/aromatic N) is 1. The molecule has 34 heavy (non-hydrogen) atoms. The Hall–Kier alpha value is -2.86. The van der Waals surface area contributed by atoms with Gasteiger partial charge in [-0.05, 0) is 74.1 Å². The van der Waals surface area contributed by atoms with Crippen molar-refractivity contribution in [2.45, 2.75) is 69.4 Å². The average Bonchev–Trinajstić information content (AvgIpc) is 3.13. The van der Waals surface area contributed by atoms with E-state index >= 15 is 0 Å². The number of hydrogen-bond acceptors (Lipinski definition) is 4. The average molecular weight is 465 g/mol. The zero-order valence-corrected chi connectivity index (χ0v) is 19.8. The lowest BCUT2D eigenvalue weighted by Gasteiger charge is -2.27. The third-order valence-corrected chi connectivity index (χ3v) is 7.32. The van der Waals surface area contributed by atoms with Crippen molar-refractivity contribution in [2.24, 2.45) is 11.7 Å². The Morgan fingerprint density at radius 2 is 1.74 bits per heavy atom. The zero-order chi connectivity index (χ0) is 23.9. The second-order valence-electron chi connectivity index (χ2n) is 9.80. The molecule has 1 aliphatic heterocycles. The monoisotopic (exact) mass is 464 g/mol. The van der Waals surface area contributed by atoms with Crippen molar-refractivity contribution < 1.29 is 19.4 Å². The van der Waals surface area contributed by atoms with Crippen LogP contribution < -0.4 is 10.5 Å². The van der Waals surface area contributed by atoms with E-state index in [2.05, 4.69) is 24.3 Å². The molecule has 4 rings (SSSR count). The van der Waals surface area contributed by atoms with Gasteiger partial charge in [0.05, 0.1) is 18.4 Å². The molecule has 2 aliphatic rings. The van der Waals surface area contributed by atoms with Crippen molar-refractivity contribution in [3.05, 3.63) is 65.7 Å². The number of benzene rings is 2. The number of carboxylic acids is 1. The van der Waals surface area contributed by atoms with E-state index in [0.29, 0.717) is 31.5 Å². The van der Waals surface area contributed by atoms with Gasteiger partial charge >= 0.3 is 5.97 Å². The summed E-state index contributed by atoms with van der Waals surface area (Å²) >= 11 is 0. The molecule has 6 nitrogen and oxygen atoms in total. The molecule has 2 aromatic carbocycles. The standard InChI is InChI=1S/C28H36N2O4/c29-24-12-8-21(9-13-24)22-10-14-26(15-11-22)34-19-25-17-23(18-27(31)32)28(33)30(25)16-4-7-20-5-2-1-3-6-20/h1-3,5-6,10-11,14-15,21,23-25H,4,7-9,12-13,16-19,29H2,(H,31,32)/t21-,23-,24+,25-/m0/s1. The molecule has 1 saturated heterocycles. The minimum atomic E-state index is -0.927. The van der Waals surface area contributed by atoms with E-state index in [4.69, 9.17) is 10.5 Å². The van der Waals surface area contributed by atoms with E-state index in [-0.39, 0.29) is 18.4 Å². The van der Waals surface area contributed by atoms with Gasteiger partial charge in [-0.2, -0.15) is 0 Å². The number of nitrogens with two attached hydrogens (primary N) is 1. The fourth-order valence-electron chi connectivity index (χ4n) is 5.38. The van der Waals surface area contributed by atoms with Gasteiger partial charge in [0.25, 0.3) is 0 Å². The number of likely N-dealkylation sites (tertiary alicyclic amines) is 1. The molecule has 2 fully saturated rings. The SMILES string of the molecule is N[C@H]1CC[C@@H](c2ccc(OC[C@@H]3C[C@@H](CC(=O)O)C(=O)N3CCCc3ccccc3)cc2)CC1. The van der Waals surface area contributed by atoms with Crippen molar-refractivity contribution in [3.63, 3.8) is 0 Å². The molecule has 0 spiro atoms. The summed E-state index contributed by atoms with van der Waals surface area (Å²) in [4.78, 5) is 26.1. The summed E-state index contributed by atoms with van der Waals surface area (Å²) in [6, 6.07) is 18.7. The minimum Gasteiger partial charge on any atom is -0.491 e. The smallest absolute Gasteiger partial charge is 0.304 e. The van der Waals surface area contributed by atoms with Crippen LogP contribution in [0.1, 0.15) is 62.0 Å². The van der Waals surface area contributed by atoms with Crippen molar-refractivity contribution in [1.82, 2.24) is 4.90 Å². The molecule has 1 heterocycles. The summed E-state index contributed by atoms with van der Waals surface area (Å²) < 4.78 is 6.08. The van der Waals surface area contributed by atoms with E-state index in [1.807, 2.05) is 35.2 Å². The summed E-state index contributed by atoms with van der Waals surface area (Å²) in [5.41, 5.74) is 8.61. The van der Waals surface area contributed by atoms with Crippen molar-refractivity contribution in [3.8, 4) is 5.75 Å². The summed E-state index contributed by atoms with van der Waals surface area (Å²) in [5.74, 6) is -0.103. The first kappa shape index (κ1) is 24.3. The molecule has 0 aromatic heterocycles. The summed E-state index contributed by atoms with van der Waals surface area (Å²) in [6.07, 6.45) is 6.55. The van der Waals surface area contributed by atoms with Crippen LogP contribution in [0.25, 0.3) is 0 Å². The van der Waals surface area contributed by atoms with Crippen LogP contribution in [0.5, 0.6) is 5.75 Å². The molecule has 0 bridgehead atoms. The molecule has 2 aromatic rings. The lowest BCUT2D eigenvalue weighted by molar-refractivity contribution is -0.142. The van der Waals surface area contributed by atoms with E-state index in [0.717, 1.165) is 44.3 Å². The molecular weight excluding hydrogens is 428 g/mol. The number of rotatable bonds is 10. The van der Waals surface area contributed by atoms with Gasteiger partial charge in [0.15, 0.2) is 0 Å². The van der Waals surface area contributed by atoms with Crippen molar-refractivity contribution >= 4 is 11.9 Å². The van der Waals surface area contributed by atoms with Crippen LogP contribution >= 0.6 is 0 Å². The van der Waals surface area contributed by atoms with Crippen molar-refractivity contribution in [2.75, 3.05) is 13.2 Å². The molecule has 2 atom stereocenters. The third-order valence-electron chi connectivity index (χ3n) is 7.32. The number of aliphatic carboxylic acids is 1. The van der Waals surface area contributed by atoms with Crippen LogP contribution in [0.15, 0.2) is 54.6 Å². The number of ether oxygens (including phenoxy) is 1. The van der Waals surface area contributed by atoms with Gasteiger partial charge < -0.3 is 20.5 Å². The maximum atomic E-state index is 12.9. The molecular formula is C28H36N2O4. The lowest BCUT2D eigenvalue weighted by atomic mass is 9.82. The van der Waals surface area contributed by atoms with Crippen LogP contribution in [0.2, 0.25) is 0 Å². The van der Waals surface area contributed by atoms with E-state index in [9.17, 15) is 14.7 Å². The number of amides is 1. The maximum absolute atomic E-state index is 12.9. The quantitative estimate of drug-likeness (QED) is 0.545. The highest BCUT2D eigenvalue weighted by Crippen LogP contribution is 2.33. The normalized spacial score (nSPS) is 24.9. The van der Waals surface area contributed by atoms with Crippen LogP contribution in [-0.2, 0) is 16.0 Å². The molecule has 1 amide bonds.